The summed E-state index contributed by atoms with van der Waals surface area (Å²) in [7, 11) is 1.44. The van der Waals surface area contributed by atoms with Gasteiger partial charge in [0.1, 0.15) is 0 Å². The molecule has 1 heterocycles. The summed E-state index contributed by atoms with van der Waals surface area (Å²) in [6, 6.07) is 8.05. The van der Waals surface area contributed by atoms with Crippen LogP contribution in [0.15, 0.2) is 48.1 Å². The number of carbonyl (C=O) groups excluding carboxylic acids is 2. The number of nitrogens with one attached hydrogen (secondary N) is 2. The van der Waals surface area contributed by atoms with Crippen molar-refractivity contribution in [3.63, 3.8) is 0 Å². The van der Waals surface area contributed by atoms with Gasteiger partial charge in [0.15, 0.2) is 23.0 Å². The Balaban J connectivity index is 1.54. The van der Waals surface area contributed by atoms with Gasteiger partial charge in [0, 0.05) is 11.1 Å². The third-order valence-corrected chi connectivity index (χ3v) is 4.21. The lowest BCUT2D eigenvalue weighted by Crippen LogP contribution is -2.34. The molecule has 0 aliphatic carbocycles. The van der Waals surface area contributed by atoms with E-state index in [0.717, 1.165) is 0 Å². The van der Waals surface area contributed by atoms with Gasteiger partial charge >= 0.3 is 0 Å². The normalized spacial score (nSPS) is 11.9. The second-order valence-corrected chi connectivity index (χ2v) is 6.27. The summed E-state index contributed by atoms with van der Waals surface area (Å²) in [6.07, 6.45) is 3.51. The number of hydrogen-bond donors (Lipinski definition) is 3. The first kappa shape index (κ1) is 20.7. The molecule has 9 nitrogen and oxygen atoms in total. The first-order valence-corrected chi connectivity index (χ1v) is 9.02. The highest BCUT2D eigenvalue weighted by Gasteiger charge is 2.16. The zero-order chi connectivity index (χ0) is 21.5. The lowest BCUT2D eigenvalue weighted by molar-refractivity contribution is -0.120. The smallest absolute Gasteiger partial charge is 0.259 e. The SMILES string of the molecule is C=CCc1cc(C=NNC(=O)CNC(=O)c2ccc3c(c2)OCO3)cc(OC)c1O. The molecule has 0 saturated carbocycles. The van der Waals surface area contributed by atoms with Gasteiger partial charge in [-0.25, -0.2) is 5.43 Å². The Hall–Kier alpha value is -4.01. The van der Waals surface area contributed by atoms with E-state index >= 15 is 0 Å². The maximum Gasteiger partial charge on any atom is 0.259 e. The zero-order valence-electron chi connectivity index (χ0n) is 16.3. The molecule has 0 radical (unpaired) electrons. The number of phenolic OH excluding ortho intramolecular Hbond substituents is 1. The van der Waals surface area contributed by atoms with Crippen LogP contribution < -0.4 is 25.0 Å². The van der Waals surface area contributed by atoms with Crippen LogP contribution in [0.3, 0.4) is 0 Å². The predicted octanol–water partition coefficient (Wildman–Crippen LogP) is 1.74. The number of ether oxygens (including phenoxy) is 3. The molecule has 1 aliphatic heterocycles. The monoisotopic (exact) mass is 411 g/mol. The molecule has 2 aromatic carbocycles. The number of phenols is 1. The second kappa shape index (κ2) is 9.46. The van der Waals surface area contributed by atoms with Crippen molar-refractivity contribution < 1.29 is 28.9 Å². The molecule has 30 heavy (non-hydrogen) atoms. The van der Waals surface area contributed by atoms with Gasteiger partial charge in [-0.1, -0.05) is 6.08 Å². The number of benzene rings is 2. The van der Waals surface area contributed by atoms with Crippen LogP contribution in [0.1, 0.15) is 21.5 Å². The molecule has 1 aliphatic rings. The molecule has 2 amide bonds. The van der Waals surface area contributed by atoms with Crippen molar-refractivity contribution in [2.75, 3.05) is 20.4 Å². The summed E-state index contributed by atoms with van der Waals surface area (Å²) < 4.78 is 15.6. The van der Waals surface area contributed by atoms with Crippen molar-refractivity contribution >= 4 is 18.0 Å². The van der Waals surface area contributed by atoms with Crippen molar-refractivity contribution in [2.45, 2.75) is 6.42 Å². The minimum Gasteiger partial charge on any atom is -0.504 e. The fraction of sp³-hybridized carbons (Fsp3) is 0.190. The Labute approximate surface area is 173 Å². The first-order chi connectivity index (χ1) is 14.5. The second-order valence-electron chi connectivity index (χ2n) is 6.27. The van der Waals surface area contributed by atoms with E-state index in [-0.39, 0.29) is 24.8 Å². The van der Waals surface area contributed by atoms with Gasteiger partial charge in [-0.15, -0.1) is 6.58 Å². The fourth-order valence-electron chi connectivity index (χ4n) is 2.75. The van der Waals surface area contributed by atoms with E-state index in [0.29, 0.717) is 34.6 Å². The molecule has 0 aromatic heterocycles. The highest BCUT2D eigenvalue weighted by atomic mass is 16.7. The van der Waals surface area contributed by atoms with Crippen LogP contribution in [-0.4, -0.2) is 43.6 Å². The van der Waals surface area contributed by atoms with E-state index in [1.165, 1.54) is 13.3 Å². The summed E-state index contributed by atoms with van der Waals surface area (Å²) in [5, 5.41) is 16.5. The Morgan fingerprint density at radius 3 is 2.83 bits per heavy atom. The molecule has 3 N–H and O–H groups in total. The minimum atomic E-state index is -0.502. The molecule has 0 fully saturated rings. The molecule has 0 bridgehead atoms. The molecule has 0 atom stereocenters. The van der Waals surface area contributed by atoms with Crippen molar-refractivity contribution in [3.05, 3.63) is 59.7 Å². The van der Waals surface area contributed by atoms with Gasteiger partial charge < -0.3 is 24.6 Å². The van der Waals surface area contributed by atoms with Crippen LogP contribution in [0, 0.1) is 0 Å². The fourth-order valence-corrected chi connectivity index (χ4v) is 2.75. The Morgan fingerprint density at radius 1 is 1.27 bits per heavy atom. The van der Waals surface area contributed by atoms with E-state index in [2.05, 4.69) is 22.4 Å². The number of carbonyl (C=O) groups is 2. The van der Waals surface area contributed by atoms with Gasteiger partial charge in [0.25, 0.3) is 11.8 Å². The Morgan fingerprint density at radius 2 is 2.07 bits per heavy atom. The van der Waals surface area contributed by atoms with Crippen molar-refractivity contribution in [1.29, 1.82) is 0 Å². The average molecular weight is 411 g/mol. The summed E-state index contributed by atoms with van der Waals surface area (Å²) in [6.45, 7) is 3.51. The van der Waals surface area contributed by atoms with Gasteiger partial charge in [-0.3, -0.25) is 9.59 Å². The third-order valence-electron chi connectivity index (χ3n) is 4.21. The van der Waals surface area contributed by atoms with Gasteiger partial charge in [-0.05, 0) is 42.3 Å². The van der Waals surface area contributed by atoms with Crippen molar-refractivity contribution in [1.82, 2.24) is 10.7 Å². The van der Waals surface area contributed by atoms with E-state index in [1.807, 2.05) is 0 Å². The molecule has 0 saturated heterocycles. The number of hydrogen-bond acceptors (Lipinski definition) is 7. The summed E-state index contributed by atoms with van der Waals surface area (Å²) in [4.78, 5) is 24.1. The summed E-state index contributed by atoms with van der Waals surface area (Å²) in [5.74, 6) is 0.447. The van der Waals surface area contributed by atoms with E-state index < -0.39 is 11.8 Å². The highest BCUT2D eigenvalue weighted by Crippen LogP contribution is 2.32. The van der Waals surface area contributed by atoms with Crippen LogP contribution in [0.4, 0.5) is 0 Å². The number of amides is 2. The van der Waals surface area contributed by atoms with Crippen LogP contribution in [0.25, 0.3) is 0 Å². The lowest BCUT2D eigenvalue weighted by Gasteiger charge is -2.09. The molecule has 2 aromatic rings. The van der Waals surface area contributed by atoms with Crippen LogP contribution in [-0.2, 0) is 11.2 Å². The van der Waals surface area contributed by atoms with E-state index in [9.17, 15) is 14.7 Å². The Kier molecular flexibility index (Phi) is 6.53. The zero-order valence-corrected chi connectivity index (χ0v) is 16.3. The number of hydrazone groups is 1. The lowest BCUT2D eigenvalue weighted by atomic mass is 10.1. The number of methoxy groups -OCH3 is 1. The molecule has 156 valence electrons. The third kappa shape index (κ3) is 4.88. The molecule has 0 spiro atoms. The van der Waals surface area contributed by atoms with Crippen LogP contribution in [0.5, 0.6) is 23.0 Å². The van der Waals surface area contributed by atoms with Crippen LogP contribution >= 0.6 is 0 Å². The predicted molar refractivity (Wildman–Crippen MR) is 109 cm³/mol. The largest absolute Gasteiger partial charge is 0.504 e. The molecular weight excluding hydrogens is 390 g/mol. The van der Waals surface area contributed by atoms with Crippen molar-refractivity contribution in [2.24, 2.45) is 5.10 Å². The number of fused-ring (bicyclic) bond motifs is 1. The number of rotatable bonds is 8. The van der Waals surface area contributed by atoms with Crippen molar-refractivity contribution in [3.8, 4) is 23.0 Å². The average Bonchev–Trinajstić information content (AvgIpc) is 3.22. The minimum absolute atomic E-state index is 0.0322. The maximum atomic E-state index is 12.2. The topological polar surface area (TPSA) is 118 Å². The quantitative estimate of drug-likeness (QED) is 0.346. The van der Waals surface area contributed by atoms with Crippen LogP contribution in [0.2, 0.25) is 0 Å². The summed E-state index contributed by atoms with van der Waals surface area (Å²) >= 11 is 0. The molecule has 3 rings (SSSR count). The molecule has 0 unspecified atom stereocenters. The number of allylic oxidation sites excluding steroid dienone is 1. The Bertz CT molecular complexity index is 1000. The first-order valence-electron chi connectivity index (χ1n) is 9.02. The molecular formula is C21H21N3O6. The van der Waals surface area contributed by atoms with E-state index in [4.69, 9.17) is 14.2 Å². The number of aromatic hydroxyl groups is 1. The molecule has 9 heteroatoms. The number of nitrogens with zero attached hydrogens (tertiary/aromatic N) is 1. The van der Waals surface area contributed by atoms with Gasteiger partial charge in [0.05, 0.1) is 19.9 Å². The van der Waals surface area contributed by atoms with Gasteiger partial charge in [-0.2, -0.15) is 5.10 Å². The summed E-state index contributed by atoms with van der Waals surface area (Å²) in [5.41, 5.74) is 3.91. The highest BCUT2D eigenvalue weighted by molar-refractivity contribution is 5.97. The standard InChI is InChI=1S/C21H21N3O6/c1-3-4-14-7-13(8-18(28-2)20(14)26)10-23-24-19(25)11-22-21(27)15-5-6-16-17(9-15)30-12-29-16/h3,5-10,26H,1,4,11-12H2,2H3,(H,22,27)(H,24,25). The van der Waals surface area contributed by atoms with Gasteiger partial charge in [0.2, 0.25) is 6.79 Å². The maximum absolute atomic E-state index is 12.2. The van der Waals surface area contributed by atoms with E-state index in [1.54, 1.807) is 36.4 Å².